The molecule has 0 aliphatic rings. The minimum Gasteiger partial charge on any atom is -0.322 e. The van der Waals surface area contributed by atoms with Crippen LogP contribution in [0.3, 0.4) is 0 Å². The van der Waals surface area contributed by atoms with E-state index in [0.717, 1.165) is 17.7 Å². The first kappa shape index (κ1) is 19.7. The number of nitrogens with zero attached hydrogens (tertiary/aromatic N) is 2. The number of rotatable bonds is 4. The molecule has 0 aliphatic heterocycles. The van der Waals surface area contributed by atoms with E-state index < -0.39 is 23.1 Å². The Hall–Kier alpha value is -3.58. The van der Waals surface area contributed by atoms with Crippen LogP contribution >= 0.6 is 11.6 Å². The van der Waals surface area contributed by atoms with Crippen molar-refractivity contribution >= 4 is 34.2 Å². The van der Waals surface area contributed by atoms with Gasteiger partial charge in [0.1, 0.15) is 11.2 Å². The summed E-state index contributed by atoms with van der Waals surface area (Å²) in [4.78, 5) is 30.1. The molecular weight excluding hydrogens is 412 g/mol. The molecule has 0 saturated carbocycles. The number of carbonyl (C=O) groups is 1. The van der Waals surface area contributed by atoms with Gasteiger partial charge in [-0.25, -0.2) is 13.8 Å². The lowest BCUT2D eigenvalue weighted by Crippen LogP contribution is -2.30. The zero-order chi connectivity index (χ0) is 21.3. The molecule has 4 aromatic rings. The smallest absolute Gasteiger partial charge is 0.265 e. The molecule has 5 nitrogen and oxygen atoms in total. The van der Waals surface area contributed by atoms with Crippen LogP contribution < -0.4 is 10.9 Å². The minimum absolute atomic E-state index is 0.0360. The van der Waals surface area contributed by atoms with Crippen LogP contribution in [0.15, 0.2) is 71.7 Å². The topological polar surface area (TPSA) is 64.0 Å². The van der Waals surface area contributed by atoms with Gasteiger partial charge in [0.05, 0.1) is 6.54 Å². The van der Waals surface area contributed by atoms with Gasteiger partial charge in [0.2, 0.25) is 0 Å². The second kappa shape index (κ2) is 8.04. The molecule has 0 bridgehead atoms. The Morgan fingerprint density at radius 3 is 2.53 bits per heavy atom. The van der Waals surface area contributed by atoms with Gasteiger partial charge >= 0.3 is 0 Å². The lowest BCUT2D eigenvalue weighted by atomic mass is 10.1. The molecular formula is C22H14ClF2N3O2. The summed E-state index contributed by atoms with van der Waals surface area (Å²) in [6.07, 6.45) is 1.56. The number of carbonyl (C=O) groups excluding carboxylic acids is 1. The van der Waals surface area contributed by atoms with E-state index in [0.29, 0.717) is 16.1 Å². The van der Waals surface area contributed by atoms with Gasteiger partial charge < -0.3 is 5.32 Å². The van der Waals surface area contributed by atoms with E-state index >= 15 is 0 Å². The molecule has 2 aromatic heterocycles. The monoisotopic (exact) mass is 425 g/mol. The quantitative estimate of drug-likeness (QED) is 0.518. The molecule has 0 fully saturated rings. The fourth-order valence-electron chi connectivity index (χ4n) is 3.06. The number of hydrogen-bond donors (Lipinski definition) is 1. The molecule has 0 saturated heterocycles. The van der Waals surface area contributed by atoms with E-state index in [1.807, 2.05) is 0 Å². The van der Waals surface area contributed by atoms with Crippen molar-refractivity contribution in [3.05, 3.63) is 105 Å². The fourth-order valence-corrected chi connectivity index (χ4v) is 3.19. The van der Waals surface area contributed by atoms with Crippen molar-refractivity contribution in [2.45, 2.75) is 6.54 Å². The van der Waals surface area contributed by atoms with Gasteiger partial charge in [-0.3, -0.25) is 14.2 Å². The third-order valence-electron chi connectivity index (χ3n) is 4.52. The first-order chi connectivity index (χ1) is 14.4. The minimum atomic E-state index is -1.10. The second-order valence-corrected chi connectivity index (χ2v) is 7.01. The summed E-state index contributed by atoms with van der Waals surface area (Å²) in [5.41, 5.74) is 0.549. The highest BCUT2D eigenvalue weighted by molar-refractivity contribution is 6.30. The zero-order valence-electron chi connectivity index (χ0n) is 15.4. The average molecular weight is 426 g/mol. The predicted octanol–water partition coefficient (Wildman–Crippen LogP) is 4.63. The van der Waals surface area contributed by atoms with Gasteiger partial charge in [0, 0.05) is 28.4 Å². The number of pyridine rings is 2. The van der Waals surface area contributed by atoms with E-state index in [1.165, 1.54) is 16.7 Å². The van der Waals surface area contributed by atoms with E-state index in [9.17, 15) is 18.4 Å². The molecule has 30 heavy (non-hydrogen) atoms. The summed E-state index contributed by atoms with van der Waals surface area (Å²) in [6, 6.07) is 14.8. The van der Waals surface area contributed by atoms with Crippen LogP contribution in [0.1, 0.15) is 15.9 Å². The van der Waals surface area contributed by atoms with Crippen LogP contribution in [0, 0.1) is 11.6 Å². The lowest BCUT2D eigenvalue weighted by Gasteiger charge is -2.13. The van der Waals surface area contributed by atoms with Crippen LogP contribution in [-0.4, -0.2) is 15.5 Å². The van der Waals surface area contributed by atoms with Gasteiger partial charge in [0.25, 0.3) is 11.5 Å². The van der Waals surface area contributed by atoms with Crippen LogP contribution in [-0.2, 0) is 6.54 Å². The summed E-state index contributed by atoms with van der Waals surface area (Å²) in [6.45, 7) is 0.176. The van der Waals surface area contributed by atoms with Crippen molar-refractivity contribution in [3.8, 4) is 0 Å². The number of amides is 1. The maximum Gasteiger partial charge on any atom is 0.265 e. The first-order valence-corrected chi connectivity index (χ1v) is 9.29. The number of halogens is 3. The highest BCUT2D eigenvalue weighted by atomic mass is 35.5. The Morgan fingerprint density at radius 1 is 1.03 bits per heavy atom. The molecule has 8 heteroatoms. The van der Waals surface area contributed by atoms with E-state index in [1.54, 1.807) is 42.6 Å². The molecule has 2 aromatic carbocycles. The molecule has 2 heterocycles. The Bertz CT molecular complexity index is 1320. The average Bonchev–Trinajstić information content (AvgIpc) is 2.74. The van der Waals surface area contributed by atoms with Crippen molar-refractivity contribution in [1.29, 1.82) is 0 Å². The van der Waals surface area contributed by atoms with E-state index in [2.05, 4.69) is 10.3 Å². The fraction of sp³-hybridized carbons (Fsp3) is 0.0455. The Morgan fingerprint density at radius 2 is 1.80 bits per heavy atom. The molecule has 0 atom stereocenters. The summed E-state index contributed by atoms with van der Waals surface area (Å²) in [5.74, 6) is -2.87. The Balaban J connectivity index is 1.77. The van der Waals surface area contributed by atoms with Gasteiger partial charge in [0.15, 0.2) is 11.6 Å². The molecule has 1 amide bonds. The third kappa shape index (κ3) is 3.92. The largest absolute Gasteiger partial charge is 0.322 e. The maximum absolute atomic E-state index is 13.4. The SMILES string of the molecule is O=C(Nc1ccc(F)c(F)c1)c1cc2cccnc2n(Cc2ccc(Cl)cc2)c1=O. The number of aromatic nitrogens is 2. The van der Waals surface area contributed by atoms with Gasteiger partial charge in [-0.15, -0.1) is 0 Å². The number of anilines is 1. The highest BCUT2D eigenvalue weighted by Crippen LogP contribution is 2.17. The van der Waals surface area contributed by atoms with Crippen molar-refractivity contribution in [3.63, 3.8) is 0 Å². The molecule has 150 valence electrons. The molecule has 0 unspecified atom stereocenters. The molecule has 0 spiro atoms. The summed E-state index contributed by atoms with van der Waals surface area (Å²) in [5, 5.41) is 3.58. The van der Waals surface area contributed by atoms with Crippen LogP contribution in [0.4, 0.5) is 14.5 Å². The second-order valence-electron chi connectivity index (χ2n) is 6.58. The summed E-state index contributed by atoms with van der Waals surface area (Å²) in [7, 11) is 0. The van der Waals surface area contributed by atoms with Crippen molar-refractivity contribution in [2.24, 2.45) is 0 Å². The molecule has 0 radical (unpaired) electrons. The van der Waals surface area contributed by atoms with Gasteiger partial charge in [-0.2, -0.15) is 0 Å². The number of nitrogens with one attached hydrogen (secondary N) is 1. The van der Waals surface area contributed by atoms with E-state index in [4.69, 9.17) is 11.6 Å². The Kier molecular flexibility index (Phi) is 5.29. The highest BCUT2D eigenvalue weighted by Gasteiger charge is 2.17. The first-order valence-electron chi connectivity index (χ1n) is 8.92. The van der Waals surface area contributed by atoms with Crippen molar-refractivity contribution < 1.29 is 13.6 Å². The standard InChI is InChI=1S/C22H14ClF2N3O2/c23-15-5-3-13(4-6-15)12-28-20-14(2-1-9-26-20)10-17(22(28)30)21(29)27-16-7-8-18(24)19(25)11-16/h1-11H,12H2,(H,27,29). The number of benzene rings is 2. The zero-order valence-corrected chi connectivity index (χ0v) is 16.2. The maximum atomic E-state index is 13.4. The van der Waals surface area contributed by atoms with Crippen LogP contribution in [0.25, 0.3) is 11.0 Å². The summed E-state index contributed by atoms with van der Waals surface area (Å²) < 4.78 is 28.0. The van der Waals surface area contributed by atoms with Gasteiger partial charge in [-0.05, 0) is 48.0 Å². The van der Waals surface area contributed by atoms with E-state index in [-0.39, 0.29) is 17.8 Å². The predicted molar refractivity (Wildman–Crippen MR) is 111 cm³/mol. The Labute approximate surface area is 174 Å². The molecule has 4 rings (SSSR count). The van der Waals surface area contributed by atoms with Crippen molar-refractivity contribution in [1.82, 2.24) is 9.55 Å². The van der Waals surface area contributed by atoms with Crippen LogP contribution in [0.2, 0.25) is 5.02 Å². The summed E-state index contributed by atoms with van der Waals surface area (Å²) >= 11 is 5.92. The lowest BCUT2D eigenvalue weighted by molar-refractivity contribution is 0.102. The van der Waals surface area contributed by atoms with Crippen LogP contribution in [0.5, 0.6) is 0 Å². The number of fused-ring (bicyclic) bond motifs is 1. The molecule has 0 aliphatic carbocycles. The van der Waals surface area contributed by atoms with Gasteiger partial charge in [-0.1, -0.05) is 23.7 Å². The molecule has 1 N–H and O–H groups in total. The number of hydrogen-bond acceptors (Lipinski definition) is 3. The normalized spacial score (nSPS) is 10.9. The third-order valence-corrected chi connectivity index (χ3v) is 4.78. The van der Waals surface area contributed by atoms with Crippen molar-refractivity contribution in [2.75, 3.05) is 5.32 Å².